The van der Waals surface area contributed by atoms with E-state index in [2.05, 4.69) is 30.3 Å². The molecule has 0 amide bonds. The van der Waals surface area contributed by atoms with Crippen LogP contribution in [0.1, 0.15) is 29.4 Å². The maximum Gasteiger partial charge on any atom is 0.0790 e. The average molecular weight is 172 g/mol. The molecule has 2 aliphatic carbocycles. The van der Waals surface area contributed by atoms with E-state index in [1.54, 1.807) is 0 Å². The first kappa shape index (κ1) is 7.34. The second-order valence-electron chi connectivity index (χ2n) is 3.95. The molecule has 0 aliphatic heterocycles. The molecule has 1 aromatic carbocycles. The highest BCUT2D eigenvalue weighted by atomic mass is 16.3. The minimum absolute atomic E-state index is 0.264. The highest BCUT2D eigenvalue weighted by Crippen LogP contribution is 2.47. The second kappa shape index (κ2) is 2.46. The van der Waals surface area contributed by atoms with Crippen molar-refractivity contribution >= 4 is 0 Å². The highest BCUT2D eigenvalue weighted by Gasteiger charge is 2.35. The molecule has 1 nitrogen and oxygen atoms in total. The lowest BCUT2D eigenvalue weighted by Gasteiger charge is -2.19. The first-order valence-corrected chi connectivity index (χ1v) is 4.81. The van der Waals surface area contributed by atoms with Crippen LogP contribution in [0.5, 0.6) is 0 Å². The van der Waals surface area contributed by atoms with Crippen LogP contribution in [-0.2, 0) is 0 Å². The van der Waals surface area contributed by atoms with Crippen LogP contribution < -0.4 is 0 Å². The van der Waals surface area contributed by atoms with E-state index in [1.165, 1.54) is 11.1 Å². The van der Waals surface area contributed by atoms with Gasteiger partial charge in [0, 0.05) is 11.8 Å². The lowest BCUT2D eigenvalue weighted by atomic mass is 9.90. The Hall–Kier alpha value is -1.08. The maximum absolute atomic E-state index is 9.76. The van der Waals surface area contributed by atoms with Gasteiger partial charge in [0.25, 0.3) is 0 Å². The molecule has 0 fully saturated rings. The summed E-state index contributed by atoms with van der Waals surface area (Å²) in [7, 11) is 0. The number of hydrogen-bond acceptors (Lipinski definition) is 1. The van der Waals surface area contributed by atoms with E-state index >= 15 is 0 Å². The summed E-state index contributed by atoms with van der Waals surface area (Å²) in [6, 6.07) is 8.48. The topological polar surface area (TPSA) is 20.2 Å². The van der Waals surface area contributed by atoms with Crippen molar-refractivity contribution in [2.75, 3.05) is 0 Å². The van der Waals surface area contributed by atoms with Gasteiger partial charge in [-0.15, -0.1) is 0 Å². The van der Waals surface area contributed by atoms with E-state index in [0.29, 0.717) is 11.8 Å². The Balaban J connectivity index is 2.19. The van der Waals surface area contributed by atoms with Gasteiger partial charge in [0.05, 0.1) is 6.10 Å². The quantitative estimate of drug-likeness (QED) is 0.595. The zero-order chi connectivity index (χ0) is 8.84. The molecule has 0 aromatic heterocycles. The predicted molar refractivity (Wildman–Crippen MR) is 51.7 cm³/mol. The number of rotatable bonds is 0. The Morgan fingerprint density at radius 1 is 1.08 bits per heavy atom. The van der Waals surface area contributed by atoms with Gasteiger partial charge in [0.15, 0.2) is 0 Å². The van der Waals surface area contributed by atoms with E-state index in [0.717, 1.165) is 6.42 Å². The maximum atomic E-state index is 9.76. The van der Waals surface area contributed by atoms with Gasteiger partial charge in [0.2, 0.25) is 0 Å². The van der Waals surface area contributed by atoms with Crippen molar-refractivity contribution in [2.45, 2.75) is 24.4 Å². The number of hydrogen-bond donors (Lipinski definition) is 1. The van der Waals surface area contributed by atoms with E-state index in [1.807, 2.05) is 6.08 Å². The third-order valence-electron chi connectivity index (χ3n) is 3.26. The first-order chi connectivity index (χ1) is 6.36. The molecule has 13 heavy (non-hydrogen) atoms. The number of fused-ring (bicyclic) bond motifs is 5. The summed E-state index contributed by atoms with van der Waals surface area (Å²) < 4.78 is 0. The summed E-state index contributed by atoms with van der Waals surface area (Å²) in [6.45, 7) is 0. The summed E-state index contributed by atoms with van der Waals surface area (Å²) >= 11 is 0. The Kier molecular flexibility index (Phi) is 1.39. The van der Waals surface area contributed by atoms with Gasteiger partial charge in [-0.1, -0.05) is 36.4 Å². The molecule has 0 spiro atoms. The molecule has 1 aromatic rings. The van der Waals surface area contributed by atoms with Crippen LogP contribution in [0.15, 0.2) is 36.4 Å². The van der Waals surface area contributed by atoms with Crippen molar-refractivity contribution in [2.24, 2.45) is 0 Å². The zero-order valence-corrected chi connectivity index (χ0v) is 7.35. The van der Waals surface area contributed by atoms with Gasteiger partial charge in [-0.25, -0.2) is 0 Å². The smallest absolute Gasteiger partial charge is 0.0790 e. The summed E-state index contributed by atoms with van der Waals surface area (Å²) in [6.07, 6.45) is 4.92. The van der Waals surface area contributed by atoms with Crippen molar-refractivity contribution in [1.29, 1.82) is 0 Å². The van der Waals surface area contributed by atoms with E-state index < -0.39 is 0 Å². The fourth-order valence-electron chi connectivity index (χ4n) is 2.60. The van der Waals surface area contributed by atoms with Crippen molar-refractivity contribution < 1.29 is 5.11 Å². The number of allylic oxidation sites excluding steroid dienone is 1. The SMILES string of the molecule is O[C@H]1C=C[C@@H]2C[C@@H]1c1ccccc12. The summed E-state index contributed by atoms with van der Waals surface area (Å²) in [4.78, 5) is 0. The van der Waals surface area contributed by atoms with Gasteiger partial charge < -0.3 is 5.11 Å². The summed E-state index contributed by atoms with van der Waals surface area (Å²) in [5, 5.41) is 9.76. The molecule has 2 bridgehead atoms. The lowest BCUT2D eigenvalue weighted by molar-refractivity contribution is 0.182. The molecule has 0 unspecified atom stereocenters. The Morgan fingerprint density at radius 2 is 1.85 bits per heavy atom. The van der Waals surface area contributed by atoms with Crippen LogP contribution in [0.2, 0.25) is 0 Å². The average Bonchev–Trinajstić information content (AvgIpc) is 2.48. The van der Waals surface area contributed by atoms with Crippen molar-refractivity contribution in [3.63, 3.8) is 0 Å². The van der Waals surface area contributed by atoms with Crippen LogP contribution in [0.25, 0.3) is 0 Å². The van der Waals surface area contributed by atoms with Gasteiger partial charge in [-0.2, -0.15) is 0 Å². The lowest BCUT2D eigenvalue weighted by Crippen LogP contribution is -2.15. The van der Waals surface area contributed by atoms with Gasteiger partial charge in [0.1, 0.15) is 0 Å². The Labute approximate surface area is 77.7 Å². The third kappa shape index (κ3) is 0.909. The predicted octanol–water partition coefficient (Wildman–Crippen LogP) is 2.19. The van der Waals surface area contributed by atoms with Crippen molar-refractivity contribution in [3.8, 4) is 0 Å². The number of aliphatic hydroxyl groups excluding tert-OH is 1. The second-order valence-corrected chi connectivity index (χ2v) is 3.95. The molecular weight excluding hydrogens is 160 g/mol. The van der Waals surface area contributed by atoms with E-state index in [9.17, 15) is 5.11 Å². The minimum atomic E-state index is -0.264. The van der Waals surface area contributed by atoms with Gasteiger partial charge >= 0.3 is 0 Å². The van der Waals surface area contributed by atoms with Crippen LogP contribution >= 0.6 is 0 Å². The monoisotopic (exact) mass is 172 g/mol. The standard InChI is InChI=1S/C12H12O/c13-12-6-5-8-7-11(12)10-4-2-1-3-9(8)10/h1-6,8,11-13H,7H2/t8-,11-,12+/m1/s1. The van der Waals surface area contributed by atoms with E-state index in [-0.39, 0.29) is 6.10 Å². The molecule has 66 valence electrons. The van der Waals surface area contributed by atoms with Crippen LogP contribution in [0, 0.1) is 0 Å². The molecule has 3 atom stereocenters. The van der Waals surface area contributed by atoms with Gasteiger partial charge in [-0.3, -0.25) is 0 Å². The van der Waals surface area contributed by atoms with Crippen LogP contribution in [0.4, 0.5) is 0 Å². The fourth-order valence-corrected chi connectivity index (χ4v) is 2.60. The molecule has 0 heterocycles. The minimum Gasteiger partial charge on any atom is -0.388 e. The first-order valence-electron chi connectivity index (χ1n) is 4.81. The fraction of sp³-hybridized carbons (Fsp3) is 0.333. The van der Waals surface area contributed by atoms with Crippen molar-refractivity contribution in [1.82, 2.24) is 0 Å². The zero-order valence-electron chi connectivity index (χ0n) is 7.35. The molecule has 3 rings (SSSR count). The molecule has 0 saturated heterocycles. The molecule has 0 radical (unpaired) electrons. The number of benzene rings is 1. The molecule has 2 aliphatic rings. The molecular formula is C12H12O. The molecule has 1 N–H and O–H groups in total. The number of aliphatic hydroxyl groups is 1. The largest absolute Gasteiger partial charge is 0.388 e. The molecule has 1 heteroatoms. The normalized spacial score (nSPS) is 34.7. The van der Waals surface area contributed by atoms with Crippen LogP contribution in [0.3, 0.4) is 0 Å². The molecule has 0 saturated carbocycles. The Morgan fingerprint density at radius 3 is 2.69 bits per heavy atom. The summed E-state index contributed by atoms with van der Waals surface area (Å²) in [5.41, 5.74) is 2.77. The Bertz CT molecular complexity index is 367. The summed E-state index contributed by atoms with van der Waals surface area (Å²) in [5.74, 6) is 0.913. The van der Waals surface area contributed by atoms with E-state index in [4.69, 9.17) is 0 Å². The highest BCUT2D eigenvalue weighted by molar-refractivity contribution is 5.44. The van der Waals surface area contributed by atoms with Crippen molar-refractivity contribution in [3.05, 3.63) is 47.5 Å². The van der Waals surface area contributed by atoms with Crippen LogP contribution in [-0.4, -0.2) is 11.2 Å². The third-order valence-corrected chi connectivity index (χ3v) is 3.26. The van der Waals surface area contributed by atoms with Gasteiger partial charge in [-0.05, 0) is 17.5 Å².